The molecular formula is C16H20FN3. The molecule has 2 rings (SSSR count). The summed E-state index contributed by atoms with van der Waals surface area (Å²) in [6.45, 7) is 6.02. The largest absolute Gasteiger partial charge is 0.328 e. The van der Waals surface area contributed by atoms with Crippen LogP contribution >= 0.6 is 0 Å². The molecule has 0 amide bonds. The van der Waals surface area contributed by atoms with Gasteiger partial charge in [0.15, 0.2) is 0 Å². The number of rotatable bonds is 4. The molecule has 0 aliphatic heterocycles. The molecule has 106 valence electrons. The zero-order valence-electron chi connectivity index (χ0n) is 12.1. The lowest BCUT2D eigenvalue weighted by atomic mass is 9.83. The van der Waals surface area contributed by atoms with Gasteiger partial charge in [0.05, 0.1) is 0 Å². The number of halogens is 1. The Kier molecular flexibility index (Phi) is 4.14. The molecule has 0 bridgehead atoms. The van der Waals surface area contributed by atoms with Crippen LogP contribution in [0.3, 0.4) is 0 Å². The van der Waals surface area contributed by atoms with Gasteiger partial charge in [-0.3, -0.25) is 0 Å². The van der Waals surface area contributed by atoms with Crippen LogP contribution in [-0.4, -0.2) is 16.0 Å². The Labute approximate surface area is 119 Å². The number of nitrogens with zero attached hydrogens (tertiary/aromatic N) is 2. The summed E-state index contributed by atoms with van der Waals surface area (Å²) in [5, 5.41) is 0. The summed E-state index contributed by atoms with van der Waals surface area (Å²) in [6.07, 6.45) is 2.47. The highest BCUT2D eigenvalue weighted by Crippen LogP contribution is 2.28. The molecule has 2 aromatic rings. The van der Waals surface area contributed by atoms with E-state index in [1.807, 2.05) is 26.8 Å². The maximum Gasteiger partial charge on any atom is 0.138 e. The molecule has 0 saturated carbocycles. The summed E-state index contributed by atoms with van der Waals surface area (Å²) >= 11 is 0. The predicted molar refractivity (Wildman–Crippen MR) is 77.9 cm³/mol. The molecule has 0 saturated heterocycles. The molecule has 4 heteroatoms. The van der Waals surface area contributed by atoms with Crippen LogP contribution < -0.4 is 5.73 Å². The average molecular weight is 273 g/mol. The minimum absolute atomic E-state index is 0.0617. The van der Waals surface area contributed by atoms with E-state index in [4.69, 9.17) is 5.73 Å². The van der Waals surface area contributed by atoms with Crippen molar-refractivity contribution in [1.29, 1.82) is 0 Å². The van der Waals surface area contributed by atoms with Crippen molar-refractivity contribution in [3.63, 3.8) is 0 Å². The summed E-state index contributed by atoms with van der Waals surface area (Å²) in [5.74, 6) is 0.485. The number of hydrogen-bond acceptors (Lipinski definition) is 3. The van der Waals surface area contributed by atoms with E-state index < -0.39 is 0 Å². The number of nitrogens with two attached hydrogens (primary N) is 1. The molecule has 1 heterocycles. The third kappa shape index (κ3) is 3.20. The van der Waals surface area contributed by atoms with E-state index in [1.165, 1.54) is 12.1 Å². The first-order valence-corrected chi connectivity index (χ1v) is 6.73. The molecular weight excluding hydrogens is 253 g/mol. The Hall–Kier alpha value is -1.81. The Morgan fingerprint density at radius 1 is 1.20 bits per heavy atom. The lowest BCUT2D eigenvalue weighted by molar-refractivity contribution is 0.575. The molecule has 3 nitrogen and oxygen atoms in total. The van der Waals surface area contributed by atoms with Gasteiger partial charge in [0.1, 0.15) is 11.6 Å². The second-order valence-electron chi connectivity index (χ2n) is 5.68. The molecule has 0 fully saturated rings. The van der Waals surface area contributed by atoms with Crippen molar-refractivity contribution in [1.82, 2.24) is 9.97 Å². The number of benzene rings is 1. The molecule has 1 aromatic heterocycles. The topological polar surface area (TPSA) is 51.8 Å². The summed E-state index contributed by atoms with van der Waals surface area (Å²) in [4.78, 5) is 8.97. The van der Waals surface area contributed by atoms with Gasteiger partial charge < -0.3 is 5.73 Å². The van der Waals surface area contributed by atoms with E-state index in [9.17, 15) is 4.39 Å². The van der Waals surface area contributed by atoms with Crippen molar-refractivity contribution in [2.75, 3.05) is 0 Å². The van der Waals surface area contributed by atoms with E-state index in [0.29, 0.717) is 0 Å². The number of hydrogen-bond donors (Lipinski definition) is 1. The fraction of sp³-hybridized carbons (Fsp3) is 0.375. The monoisotopic (exact) mass is 273 g/mol. The first kappa shape index (κ1) is 14.6. The van der Waals surface area contributed by atoms with Crippen LogP contribution in [0, 0.1) is 5.82 Å². The van der Waals surface area contributed by atoms with Gasteiger partial charge in [0.25, 0.3) is 0 Å². The molecule has 1 aromatic carbocycles. The Morgan fingerprint density at radius 3 is 2.45 bits per heavy atom. The van der Waals surface area contributed by atoms with Crippen molar-refractivity contribution in [3.8, 4) is 0 Å². The van der Waals surface area contributed by atoms with Crippen LogP contribution in [0.4, 0.5) is 4.39 Å². The highest BCUT2D eigenvalue weighted by molar-refractivity contribution is 5.31. The van der Waals surface area contributed by atoms with Gasteiger partial charge in [-0.05, 0) is 44.5 Å². The summed E-state index contributed by atoms with van der Waals surface area (Å²) in [6, 6.07) is 8.42. The summed E-state index contributed by atoms with van der Waals surface area (Å²) in [5.41, 5.74) is 7.35. The molecule has 20 heavy (non-hydrogen) atoms. The highest BCUT2D eigenvalue weighted by atomic mass is 19.1. The molecule has 0 radical (unpaired) electrons. The smallest absolute Gasteiger partial charge is 0.138 e. The normalized spacial score (nSPS) is 13.2. The second-order valence-corrected chi connectivity index (χ2v) is 5.68. The molecule has 0 spiro atoms. The van der Waals surface area contributed by atoms with E-state index >= 15 is 0 Å². The van der Waals surface area contributed by atoms with Crippen LogP contribution in [0.1, 0.15) is 37.9 Å². The van der Waals surface area contributed by atoms with Crippen LogP contribution in [0.5, 0.6) is 0 Å². The van der Waals surface area contributed by atoms with Crippen molar-refractivity contribution in [2.45, 2.75) is 38.6 Å². The van der Waals surface area contributed by atoms with Crippen LogP contribution in [-0.2, 0) is 11.8 Å². The highest BCUT2D eigenvalue weighted by Gasteiger charge is 2.26. The van der Waals surface area contributed by atoms with Crippen molar-refractivity contribution >= 4 is 0 Å². The average Bonchev–Trinajstić information content (AvgIpc) is 2.39. The van der Waals surface area contributed by atoms with Crippen LogP contribution in [0.25, 0.3) is 0 Å². The first-order chi connectivity index (χ1) is 9.39. The van der Waals surface area contributed by atoms with Gasteiger partial charge in [-0.25, -0.2) is 14.4 Å². The SMILES string of the molecule is CC(N)Cc1ccnc(C(C)(C)c2ccc(F)cc2)n1. The molecule has 1 atom stereocenters. The van der Waals surface area contributed by atoms with E-state index in [1.54, 1.807) is 18.3 Å². The maximum absolute atomic E-state index is 13.0. The minimum atomic E-state index is -0.373. The van der Waals surface area contributed by atoms with E-state index in [0.717, 1.165) is 23.5 Å². The van der Waals surface area contributed by atoms with Gasteiger partial charge in [-0.15, -0.1) is 0 Å². The summed E-state index contributed by atoms with van der Waals surface area (Å²) in [7, 11) is 0. The van der Waals surface area contributed by atoms with E-state index in [-0.39, 0.29) is 17.3 Å². The van der Waals surface area contributed by atoms with Crippen molar-refractivity contribution < 1.29 is 4.39 Å². The molecule has 2 N–H and O–H groups in total. The van der Waals surface area contributed by atoms with Crippen LogP contribution in [0.2, 0.25) is 0 Å². The van der Waals surface area contributed by atoms with Gasteiger partial charge in [-0.2, -0.15) is 0 Å². The van der Waals surface area contributed by atoms with Gasteiger partial charge in [-0.1, -0.05) is 12.1 Å². The lowest BCUT2D eigenvalue weighted by Gasteiger charge is -2.24. The molecule has 0 aliphatic rings. The zero-order chi connectivity index (χ0) is 14.8. The molecule has 0 aliphatic carbocycles. The minimum Gasteiger partial charge on any atom is -0.328 e. The van der Waals surface area contributed by atoms with Gasteiger partial charge >= 0.3 is 0 Å². The lowest BCUT2D eigenvalue weighted by Crippen LogP contribution is -2.24. The zero-order valence-corrected chi connectivity index (χ0v) is 12.1. The second kappa shape index (κ2) is 5.67. The Morgan fingerprint density at radius 2 is 1.85 bits per heavy atom. The maximum atomic E-state index is 13.0. The van der Waals surface area contributed by atoms with Crippen molar-refractivity contribution in [3.05, 3.63) is 59.4 Å². The fourth-order valence-corrected chi connectivity index (χ4v) is 2.14. The fourth-order valence-electron chi connectivity index (χ4n) is 2.14. The quantitative estimate of drug-likeness (QED) is 0.932. The van der Waals surface area contributed by atoms with Gasteiger partial charge in [0.2, 0.25) is 0 Å². The van der Waals surface area contributed by atoms with Crippen LogP contribution in [0.15, 0.2) is 36.5 Å². The number of aromatic nitrogens is 2. The Bertz CT molecular complexity index is 577. The standard InChI is InChI=1S/C16H20FN3/c1-11(18)10-14-8-9-19-15(20-14)16(2,3)12-4-6-13(17)7-5-12/h4-9,11H,10,18H2,1-3H3. The first-order valence-electron chi connectivity index (χ1n) is 6.73. The third-order valence-electron chi connectivity index (χ3n) is 3.37. The predicted octanol–water partition coefficient (Wildman–Crippen LogP) is 2.83. The Balaban J connectivity index is 2.35. The van der Waals surface area contributed by atoms with Crippen molar-refractivity contribution in [2.24, 2.45) is 5.73 Å². The van der Waals surface area contributed by atoms with Gasteiger partial charge in [0, 0.05) is 29.8 Å². The molecule has 1 unspecified atom stereocenters. The van der Waals surface area contributed by atoms with E-state index in [2.05, 4.69) is 9.97 Å². The summed E-state index contributed by atoms with van der Waals surface area (Å²) < 4.78 is 13.0. The third-order valence-corrected chi connectivity index (χ3v) is 3.37.